The van der Waals surface area contributed by atoms with Crippen LogP contribution in [0.15, 0.2) is 23.4 Å². The Morgan fingerprint density at radius 2 is 2.20 bits per heavy atom. The Balaban J connectivity index is 2.64. The normalized spacial score (nSPS) is 11.6. The van der Waals surface area contributed by atoms with Crippen LogP contribution in [0.2, 0.25) is 0 Å². The zero-order valence-corrected chi connectivity index (χ0v) is 10.8. The average molecular weight is 276 g/mol. The second kappa shape index (κ2) is 4.96. The predicted molar refractivity (Wildman–Crippen MR) is 70.0 cm³/mol. The molecule has 2 heterocycles. The molecule has 0 aliphatic rings. The van der Waals surface area contributed by atoms with Gasteiger partial charge < -0.3 is 10.9 Å². The molecular weight excluding hydrogens is 264 g/mol. The molecule has 0 saturated carbocycles. The quantitative estimate of drug-likeness (QED) is 0.281. The third kappa shape index (κ3) is 2.28. The summed E-state index contributed by atoms with van der Waals surface area (Å²) in [5.74, 6) is -0.0807. The van der Waals surface area contributed by atoms with E-state index in [1.165, 1.54) is 16.8 Å². The maximum Gasteiger partial charge on any atom is 0.298 e. The van der Waals surface area contributed by atoms with E-state index in [0.29, 0.717) is 5.82 Å². The molecule has 20 heavy (non-hydrogen) atoms. The summed E-state index contributed by atoms with van der Waals surface area (Å²) in [6.07, 6.45) is 0. The molecule has 2 rings (SSSR count). The van der Waals surface area contributed by atoms with Gasteiger partial charge in [-0.05, 0) is 26.0 Å². The molecule has 2 aromatic rings. The van der Waals surface area contributed by atoms with Crippen LogP contribution in [0.25, 0.3) is 5.82 Å². The van der Waals surface area contributed by atoms with Crippen molar-refractivity contribution >= 4 is 11.5 Å². The van der Waals surface area contributed by atoms with E-state index >= 15 is 0 Å². The van der Waals surface area contributed by atoms with Gasteiger partial charge in [0.2, 0.25) is 0 Å². The van der Waals surface area contributed by atoms with Crippen LogP contribution in [0.1, 0.15) is 17.1 Å². The topological polar surface area (TPSA) is 132 Å². The Hall–Kier alpha value is -2.97. The van der Waals surface area contributed by atoms with Gasteiger partial charge in [0.15, 0.2) is 17.3 Å². The molecule has 0 spiro atoms. The van der Waals surface area contributed by atoms with Crippen molar-refractivity contribution < 1.29 is 10.1 Å². The van der Waals surface area contributed by atoms with E-state index in [2.05, 4.69) is 15.2 Å². The number of amidine groups is 1. The first-order valence-electron chi connectivity index (χ1n) is 5.61. The van der Waals surface area contributed by atoms with E-state index in [-0.39, 0.29) is 11.4 Å². The lowest BCUT2D eigenvalue weighted by molar-refractivity contribution is -0.385. The smallest absolute Gasteiger partial charge is 0.298 e. The van der Waals surface area contributed by atoms with Gasteiger partial charge in [0.1, 0.15) is 0 Å². The molecule has 104 valence electrons. The molecule has 0 amide bonds. The molecular formula is C11H12N6O3. The minimum absolute atomic E-state index is 0.206. The zero-order chi connectivity index (χ0) is 14.9. The van der Waals surface area contributed by atoms with Gasteiger partial charge in [0, 0.05) is 11.8 Å². The minimum atomic E-state index is -0.647. The third-order valence-corrected chi connectivity index (χ3v) is 2.63. The van der Waals surface area contributed by atoms with E-state index in [1.54, 1.807) is 0 Å². The standard InChI is InChI=1S/C11H12N6O3/c1-6-5-7(2)16(14-6)9-4-3-8(17(19)20)10(13-9)11(12)15-18/h3-5,18H,1-2H3,(H2,12,15). The number of oxime groups is 1. The maximum atomic E-state index is 10.9. The monoisotopic (exact) mass is 276 g/mol. The lowest BCUT2D eigenvalue weighted by Gasteiger charge is -2.06. The number of aromatic nitrogens is 3. The number of nitro groups is 1. The van der Waals surface area contributed by atoms with Gasteiger partial charge in [-0.3, -0.25) is 10.1 Å². The predicted octanol–water partition coefficient (Wildman–Crippen LogP) is 0.887. The SMILES string of the molecule is Cc1cc(C)n(-c2ccc([N+](=O)[O-])c(/C(N)=N/O)n2)n1. The van der Waals surface area contributed by atoms with Crippen molar-refractivity contribution in [2.75, 3.05) is 0 Å². The molecule has 0 aromatic carbocycles. The van der Waals surface area contributed by atoms with Crippen LogP contribution in [-0.4, -0.2) is 30.7 Å². The van der Waals surface area contributed by atoms with Crippen LogP contribution < -0.4 is 5.73 Å². The summed E-state index contributed by atoms with van der Waals surface area (Å²) in [7, 11) is 0. The molecule has 0 unspecified atom stereocenters. The fourth-order valence-corrected chi connectivity index (χ4v) is 1.80. The Morgan fingerprint density at radius 3 is 2.70 bits per heavy atom. The Kier molecular flexibility index (Phi) is 3.34. The Labute approximate surface area is 113 Å². The number of pyridine rings is 1. The number of hydrogen-bond acceptors (Lipinski definition) is 6. The molecule has 9 nitrogen and oxygen atoms in total. The van der Waals surface area contributed by atoms with Crippen LogP contribution in [0.3, 0.4) is 0 Å². The van der Waals surface area contributed by atoms with Crippen LogP contribution in [0.4, 0.5) is 5.69 Å². The summed E-state index contributed by atoms with van der Waals surface area (Å²) in [6, 6.07) is 4.53. The van der Waals surface area contributed by atoms with Crippen molar-refractivity contribution in [1.82, 2.24) is 14.8 Å². The Morgan fingerprint density at radius 1 is 1.50 bits per heavy atom. The number of aryl methyl sites for hydroxylation is 2. The van der Waals surface area contributed by atoms with Crippen molar-refractivity contribution in [3.8, 4) is 5.82 Å². The van der Waals surface area contributed by atoms with Gasteiger partial charge in [0.25, 0.3) is 5.69 Å². The van der Waals surface area contributed by atoms with E-state index in [0.717, 1.165) is 11.4 Å². The summed E-state index contributed by atoms with van der Waals surface area (Å²) in [5, 5.41) is 26.6. The first-order valence-corrected chi connectivity index (χ1v) is 5.61. The molecule has 9 heteroatoms. The van der Waals surface area contributed by atoms with Crippen molar-refractivity contribution in [1.29, 1.82) is 0 Å². The highest BCUT2D eigenvalue weighted by Gasteiger charge is 2.20. The van der Waals surface area contributed by atoms with Crippen molar-refractivity contribution in [3.05, 3.63) is 45.4 Å². The van der Waals surface area contributed by atoms with E-state index in [4.69, 9.17) is 10.9 Å². The second-order valence-corrected chi connectivity index (χ2v) is 4.12. The van der Waals surface area contributed by atoms with Crippen LogP contribution >= 0.6 is 0 Å². The van der Waals surface area contributed by atoms with Crippen molar-refractivity contribution in [2.24, 2.45) is 10.9 Å². The molecule has 3 N–H and O–H groups in total. The van der Waals surface area contributed by atoms with Gasteiger partial charge >= 0.3 is 0 Å². The lowest BCUT2D eigenvalue weighted by Crippen LogP contribution is -2.18. The number of hydrogen-bond donors (Lipinski definition) is 2. The molecule has 2 aromatic heterocycles. The van der Waals surface area contributed by atoms with Crippen LogP contribution in [0.5, 0.6) is 0 Å². The molecule has 0 aliphatic carbocycles. The first-order chi connectivity index (χ1) is 9.43. The summed E-state index contributed by atoms with van der Waals surface area (Å²) in [6.45, 7) is 3.64. The molecule has 0 saturated heterocycles. The van der Waals surface area contributed by atoms with E-state index < -0.39 is 10.8 Å². The highest BCUT2D eigenvalue weighted by Crippen LogP contribution is 2.19. The maximum absolute atomic E-state index is 10.9. The second-order valence-electron chi connectivity index (χ2n) is 4.12. The van der Waals surface area contributed by atoms with Crippen molar-refractivity contribution in [3.63, 3.8) is 0 Å². The summed E-state index contributed by atoms with van der Waals surface area (Å²) < 4.78 is 1.52. The third-order valence-electron chi connectivity index (χ3n) is 2.63. The summed E-state index contributed by atoms with van der Waals surface area (Å²) >= 11 is 0. The van der Waals surface area contributed by atoms with E-state index in [1.807, 2.05) is 19.9 Å². The van der Waals surface area contributed by atoms with Crippen LogP contribution in [-0.2, 0) is 0 Å². The van der Waals surface area contributed by atoms with Gasteiger partial charge in [-0.1, -0.05) is 5.16 Å². The fourth-order valence-electron chi connectivity index (χ4n) is 1.80. The number of rotatable bonds is 3. The van der Waals surface area contributed by atoms with Crippen molar-refractivity contribution in [2.45, 2.75) is 13.8 Å². The summed E-state index contributed by atoms with van der Waals surface area (Å²) in [5.41, 5.74) is 6.48. The average Bonchev–Trinajstić information content (AvgIpc) is 2.76. The van der Waals surface area contributed by atoms with Gasteiger partial charge in [-0.2, -0.15) is 5.10 Å². The van der Waals surface area contributed by atoms with Gasteiger partial charge in [-0.15, -0.1) is 0 Å². The highest BCUT2D eigenvalue weighted by molar-refractivity contribution is 5.98. The summed E-state index contributed by atoms with van der Waals surface area (Å²) in [4.78, 5) is 14.3. The number of nitrogens with zero attached hydrogens (tertiary/aromatic N) is 5. The highest BCUT2D eigenvalue weighted by atomic mass is 16.6. The molecule has 0 fully saturated rings. The van der Waals surface area contributed by atoms with Gasteiger partial charge in [-0.25, -0.2) is 9.67 Å². The molecule has 0 radical (unpaired) electrons. The van der Waals surface area contributed by atoms with Crippen LogP contribution in [0, 0.1) is 24.0 Å². The fraction of sp³-hybridized carbons (Fsp3) is 0.182. The number of nitrogens with two attached hydrogens (primary N) is 1. The zero-order valence-electron chi connectivity index (χ0n) is 10.8. The molecule has 0 aliphatic heterocycles. The van der Waals surface area contributed by atoms with Gasteiger partial charge in [0.05, 0.1) is 10.6 Å². The minimum Gasteiger partial charge on any atom is -0.409 e. The largest absolute Gasteiger partial charge is 0.409 e. The van der Waals surface area contributed by atoms with E-state index in [9.17, 15) is 10.1 Å². The lowest BCUT2D eigenvalue weighted by atomic mass is 10.2. The molecule has 0 atom stereocenters. The molecule has 0 bridgehead atoms. The first kappa shape index (κ1) is 13.5. The Bertz CT molecular complexity index is 706.